The first kappa shape index (κ1) is 15.8. The van der Waals surface area contributed by atoms with Gasteiger partial charge in [-0.25, -0.2) is 4.98 Å². The summed E-state index contributed by atoms with van der Waals surface area (Å²) in [4.78, 5) is 14.5. The summed E-state index contributed by atoms with van der Waals surface area (Å²) < 4.78 is 0. The fourth-order valence-corrected chi connectivity index (χ4v) is 3.67. The topological polar surface area (TPSA) is 44.8 Å². The van der Waals surface area contributed by atoms with E-state index in [0.29, 0.717) is 0 Å². The molecule has 4 heteroatoms. The molecular weight excluding hydrogens is 332 g/mol. The molecule has 0 amide bonds. The van der Waals surface area contributed by atoms with E-state index in [1.807, 2.05) is 43.7 Å². The number of fused-ring (bicyclic) bond motifs is 2. The largest absolute Gasteiger partial charge is 0.363 e. The van der Waals surface area contributed by atoms with Gasteiger partial charge in [0.05, 0.1) is 5.69 Å². The van der Waals surface area contributed by atoms with Crippen LogP contribution in [-0.4, -0.2) is 29.0 Å². The van der Waals surface area contributed by atoms with Crippen LogP contribution >= 0.6 is 0 Å². The van der Waals surface area contributed by atoms with Crippen LogP contribution in [0.4, 0.5) is 5.82 Å². The van der Waals surface area contributed by atoms with Gasteiger partial charge < -0.3 is 9.88 Å². The van der Waals surface area contributed by atoms with Crippen molar-refractivity contribution >= 4 is 22.3 Å². The summed E-state index contributed by atoms with van der Waals surface area (Å²) >= 11 is 0. The molecule has 27 heavy (non-hydrogen) atoms. The first-order chi connectivity index (χ1) is 13.2. The average Bonchev–Trinajstić information content (AvgIpc) is 3.33. The van der Waals surface area contributed by atoms with Gasteiger partial charge >= 0.3 is 0 Å². The predicted octanol–water partition coefficient (Wildman–Crippen LogP) is 4.68. The highest BCUT2D eigenvalue weighted by molar-refractivity contribution is 5.90. The molecule has 0 radical (unpaired) electrons. The van der Waals surface area contributed by atoms with Gasteiger partial charge in [0.1, 0.15) is 5.82 Å². The second-order valence-electron chi connectivity index (χ2n) is 7.12. The number of rotatable bonds is 3. The van der Waals surface area contributed by atoms with Crippen LogP contribution in [0.3, 0.4) is 0 Å². The van der Waals surface area contributed by atoms with E-state index in [1.54, 1.807) is 0 Å². The number of hydrogen-bond donors (Lipinski definition) is 1. The Hall–Kier alpha value is -3.40. The van der Waals surface area contributed by atoms with Gasteiger partial charge in [0.15, 0.2) is 0 Å². The summed E-state index contributed by atoms with van der Waals surface area (Å²) in [6, 6.07) is 15.1. The summed E-state index contributed by atoms with van der Waals surface area (Å²) in [7, 11) is 3.99. The number of nitrogens with one attached hydrogen (secondary N) is 1. The third-order valence-corrected chi connectivity index (χ3v) is 5.16. The number of H-pyrrole nitrogens is 1. The number of pyridine rings is 2. The zero-order valence-electron chi connectivity index (χ0n) is 15.4. The average molecular weight is 352 g/mol. The number of allylic oxidation sites excluding steroid dienone is 1. The number of aromatic nitrogens is 3. The zero-order valence-corrected chi connectivity index (χ0v) is 15.4. The fourth-order valence-electron chi connectivity index (χ4n) is 3.67. The number of nitrogens with zero attached hydrogens (tertiary/aromatic N) is 3. The first-order valence-electron chi connectivity index (χ1n) is 9.10. The maximum atomic E-state index is 4.72. The van der Waals surface area contributed by atoms with Crippen molar-refractivity contribution in [2.75, 3.05) is 19.0 Å². The Kier molecular flexibility index (Phi) is 3.57. The minimum atomic E-state index is 0.883. The Morgan fingerprint density at radius 3 is 2.56 bits per heavy atom. The van der Waals surface area contributed by atoms with Gasteiger partial charge in [-0.1, -0.05) is 12.1 Å². The van der Waals surface area contributed by atoms with E-state index in [4.69, 9.17) is 4.98 Å². The highest BCUT2D eigenvalue weighted by atomic mass is 15.1. The van der Waals surface area contributed by atoms with Gasteiger partial charge in [-0.15, -0.1) is 0 Å². The molecule has 1 aliphatic carbocycles. The summed E-state index contributed by atoms with van der Waals surface area (Å²) in [5.41, 5.74) is 8.21. The van der Waals surface area contributed by atoms with Gasteiger partial charge in [-0.2, -0.15) is 0 Å². The third-order valence-electron chi connectivity index (χ3n) is 5.16. The molecule has 3 aromatic heterocycles. The van der Waals surface area contributed by atoms with E-state index in [9.17, 15) is 0 Å². The van der Waals surface area contributed by atoms with E-state index in [2.05, 4.69) is 52.4 Å². The number of anilines is 1. The van der Waals surface area contributed by atoms with Crippen molar-refractivity contribution < 1.29 is 0 Å². The van der Waals surface area contributed by atoms with Crippen LogP contribution in [-0.2, 0) is 6.42 Å². The molecule has 1 aromatic carbocycles. The van der Waals surface area contributed by atoms with E-state index in [-0.39, 0.29) is 0 Å². The van der Waals surface area contributed by atoms with Crippen LogP contribution in [0.15, 0.2) is 67.1 Å². The predicted molar refractivity (Wildman–Crippen MR) is 111 cm³/mol. The monoisotopic (exact) mass is 352 g/mol. The van der Waals surface area contributed by atoms with Gasteiger partial charge in [0, 0.05) is 61.3 Å². The summed E-state index contributed by atoms with van der Waals surface area (Å²) in [5, 5.41) is 1.23. The standard InChI is InChI=1S/C23H20N4/c1-27(2)23-8-4-17(13-26-23)18-12-20-19(5-7-22(20)25-14-18)15-3-6-21-16(11-15)9-10-24-21/h3-6,8-14,24H,7H2,1-2H3. The van der Waals surface area contributed by atoms with Crippen LogP contribution in [0.1, 0.15) is 16.8 Å². The Morgan fingerprint density at radius 2 is 1.74 bits per heavy atom. The molecule has 0 atom stereocenters. The Balaban J connectivity index is 1.54. The number of benzene rings is 1. The molecule has 4 nitrogen and oxygen atoms in total. The lowest BCUT2D eigenvalue weighted by molar-refractivity contribution is 1.07. The molecule has 132 valence electrons. The molecule has 4 aromatic rings. The summed E-state index contributed by atoms with van der Waals surface area (Å²) in [5.74, 6) is 0.952. The first-order valence-corrected chi connectivity index (χ1v) is 9.10. The lowest BCUT2D eigenvalue weighted by Gasteiger charge is -2.12. The van der Waals surface area contributed by atoms with Crippen LogP contribution in [0.2, 0.25) is 0 Å². The quantitative estimate of drug-likeness (QED) is 0.582. The van der Waals surface area contributed by atoms with Crippen molar-refractivity contribution in [1.29, 1.82) is 0 Å². The van der Waals surface area contributed by atoms with Crippen LogP contribution in [0, 0.1) is 0 Å². The fraction of sp³-hybridized carbons (Fsp3) is 0.130. The Labute approximate surface area is 158 Å². The van der Waals surface area contributed by atoms with E-state index >= 15 is 0 Å². The lowest BCUT2D eigenvalue weighted by Crippen LogP contribution is -2.10. The maximum Gasteiger partial charge on any atom is 0.127 e. The van der Waals surface area contributed by atoms with Crippen molar-refractivity contribution in [2.24, 2.45) is 0 Å². The zero-order chi connectivity index (χ0) is 18.4. The molecule has 0 saturated heterocycles. The van der Waals surface area contributed by atoms with Crippen LogP contribution in [0.25, 0.3) is 27.6 Å². The smallest absolute Gasteiger partial charge is 0.127 e. The number of aromatic amines is 1. The van der Waals surface area contributed by atoms with Crippen molar-refractivity contribution in [3.8, 4) is 11.1 Å². The highest BCUT2D eigenvalue weighted by Crippen LogP contribution is 2.35. The van der Waals surface area contributed by atoms with Gasteiger partial charge in [0.2, 0.25) is 0 Å². The second-order valence-corrected chi connectivity index (χ2v) is 7.12. The van der Waals surface area contributed by atoms with Crippen molar-refractivity contribution in [3.05, 3.63) is 84.0 Å². The van der Waals surface area contributed by atoms with E-state index < -0.39 is 0 Å². The molecule has 0 saturated carbocycles. The maximum absolute atomic E-state index is 4.72. The molecule has 0 unspecified atom stereocenters. The van der Waals surface area contributed by atoms with Crippen molar-refractivity contribution in [1.82, 2.24) is 15.0 Å². The van der Waals surface area contributed by atoms with Crippen molar-refractivity contribution in [2.45, 2.75) is 6.42 Å². The number of hydrogen-bond acceptors (Lipinski definition) is 3. The van der Waals surface area contributed by atoms with Crippen LogP contribution in [0.5, 0.6) is 0 Å². The second kappa shape index (κ2) is 6.09. The van der Waals surface area contributed by atoms with Gasteiger partial charge in [0.25, 0.3) is 0 Å². The molecule has 1 N–H and O–H groups in total. The molecular formula is C23H20N4. The van der Waals surface area contributed by atoms with E-state index in [0.717, 1.165) is 34.6 Å². The summed E-state index contributed by atoms with van der Waals surface area (Å²) in [6.07, 6.45) is 9.02. The molecule has 0 spiro atoms. The van der Waals surface area contributed by atoms with Crippen LogP contribution < -0.4 is 4.90 Å². The molecule has 0 bridgehead atoms. The lowest BCUT2D eigenvalue weighted by atomic mass is 9.97. The normalized spacial score (nSPS) is 12.9. The van der Waals surface area contributed by atoms with Gasteiger partial charge in [-0.3, -0.25) is 4.98 Å². The molecule has 0 aliphatic heterocycles. The third kappa shape index (κ3) is 2.70. The molecule has 3 heterocycles. The Morgan fingerprint density at radius 1 is 0.889 bits per heavy atom. The SMILES string of the molecule is CN(C)c1ccc(-c2cnc3c(c2)C(c2ccc4[nH]ccc4c2)=CC3)cn1. The minimum Gasteiger partial charge on any atom is -0.363 e. The van der Waals surface area contributed by atoms with Crippen molar-refractivity contribution in [3.63, 3.8) is 0 Å². The molecule has 1 aliphatic rings. The molecule has 5 rings (SSSR count). The highest BCUT2D eigenvalue weighted by Gasteiger charge is 2.18. The molecule has 0 fully saturated rings. The Bertz CT molecular complexity index is 1170. The van der Waals surface area contributed by atoms with Gasteiger partial charge in [-0.05, 0) is 52.9 Å². The van der Waals surface area contributed by atoms with E-state index in [1.165, 1.54) is 22.1 Å². The minimum absolute atomic E-state index is 0.883. The summed E-state index contributed by atoms with van der Waals surface area (Å²) in [6.45, 7) is 0.